The Bertz CT molecular complexity index is 1290. The Labute approximate surface area is 231 Å². The molecule has 0 spiro atoms. The summed E-state index contributed by atoms with van der Waals surface area (Å²) < 4.78 is 4.82. The van der Waals surface area contributed by atoms with E-state index in [9.17, 15) is 48.6 Å². The van der Waals surface area contributed by atoms with Crippen LogP contribution in [0.1, 0.15) is 67.1 Å². The van der Waals surface area contributed by atoms with Crippen LogP contribution in [0.4, 0.5) is 0 Å². The molecule has 15 nitrogen and oxygen atoms in total. The minimum absolute atomic E-state index is 0.327. The molecule has 0 bridgehead atoms. The Hall–Kier alpha value is -5.60. The van der Waals surface area contributed by atoms with Crippen LogP contribution >= 0.6 is 0 Å². The van der Waals surface area contributed by atoms with Gasteiger partial charge in [-0.1, -0.05) is 24.3 Å². The second kappa shape index (κ2) is 14.5. The lowest BCUT2D eigenvalue weighted by molar-refractivity contribution is -0.162. The van der Waals surface area contributed by atoms with Gasteiger partial charge in [0.05, 0.1) is 22.3 Å². The van der Waals surface area contributed by atoms with Gasteiger partial charge < -0.3 is 37.1 Å². The smallest absolute Gasteiger partial charge is 0.336 e. The number of primary amides is 2. The Kier molecular flexibility index (Phi) is 11.2. The van der Waals surface area contributed by atoms with Crippen LogP contribution < -0.4 is 22.1 Å². The van der Waals surface area contributed by atoms with Crippen molar-refractivity contribution in [1.82, 2.24) is 10.6 Å². The molecule has 0 aliphatic heterocycles. The number of carboxylic acids is 2. The standard InChI is InChI=1S/C26H26N4O11/c27-19(31)11-9-17(29-21(33)13-5-1-3-7-15(13)23(35)36)25(39)41-26(40)18(10-12-20(28)32)30-22(34)14-6-2-4-8-16(14)24(37)38/h1-8,17-18H,9-12H2,(H2,27,31)(H2,28,32)(H,29,33)(H,30,34)(H,35,36)(H,37,38)/t17-,18-/m1/s1. The van der Waals surface area contributed by atoms with Crippen molar-refractivity contribution >= 4 is 47.5 Å². The number of carbonyl (C=O) groups excluding carboxylic acids is 6. The van der Waals surface area contributed by atoms with Crippen molar-refractivity contribution in [1.29, 1.82) is 0 Å². The third-order valence-electron chi connectivity index (χ3n) is 5.54. The van der Waals surface area contributed by atoms with Crippen molar-refractivity contribution in [2.45, 2.75) is 37.8 Å². The summed E-state index contributed by atoms with van der Waals surface area (Å²) in [6, 6.07) is 6.78. The van der Waals surface area contributed by atoms with Crippen molar-refractivity contribution < 1.29 is 53.3 Å². The summed E-state index contributed by atoms with van der Waals surface area (Å²) in [6.07, 6.45) is -1.76. The van der Waals surface area contributed by atoms with E-state index in [2.05, 4.69) is 10.6 Å². The van der Waals surface area contributed by atoms with Crippen LogP contribution in [0.25, 0.3) is 0 Å². The molecule has 0 aromatic heterocycles. The fourth-order valence-electron chi connectivity index (χ4n) is 3.52. The van der Waals surface area contributed by atoms with Crippen LogP contribution in [-0.4, -0.2) is 69.8 Å². The molecule has 216 valence electrons. The fourth-order valence-corrected chi connectivity index (χ4v) is 3.52. The van der Waals surface area contributed by atoms with Crippen LogP contribution in [-0.2, 0) is 23.9 Å². The van der Waals surface area contributed by atoms with Gasteiger partial charge in [0.25, 0.3) is 11.8 Å². The van der Waals surface area contributed by atoms with Crippen molar-refractivity contribution in [2.24, 2.45) is 11.5 Å². The number of nitrogens with one attached hydrogen (secondary N) is 2. The Morgan fingerprint density at radius 2 is 0.927 bits per heavy atom. The molecule has 15 heteroatoms. The first-order valence-corrected chi connectivity index (χ1v) is 11.9. The van der Waals surface area contributed by atoms with E-state index in [-0.39, 0.29) is 22.3 Å². The number of amides is 4. The molecule has 0 heterocycles. The zero-order valence-electron chi connectivity index (χ0n) is 21.3. The van der Waals surface area contributed by atoms with Crippen LogP contribution in [0.2, 0.25) is 0 Å². The highest BCUT2D eigenvalue weighted by Crippen LogP contribution is 2.13. The molecular formula is C26H26N4O11. The number of hydrogen-bond acceptors (Lipinski definition) is 9. The van der Waals surface area contributed by atoms with Crippen LogP contribution in [0, 0.1) is 0 Å². The number of nitrogens with two attached hydrogens (primary N) is 2. The molecule has 2 atom stereocenters. The predicted molar refractivity (Wildman–Crippen MR) is 137 cm³/mol. The van der Waals surface area contributed by atoms with E-state index in [1.54, 1.807) is 0 Å². The fraction of sp³-hybridized carbons (Fsp3) is 0.231. The zero-order chi connectivity index (χ0) is 30.7. The largest absolute Gasteiger partial charge is 0.478 e. The van der Waals surface area contributed by atoms with E-state index in [1.807, 2.05) is 0 Å². The van der Waals surface area contributed by atoms with Gasteiger partial charge in [0, 0.05) is 12.8 Å². The van der Waals surface area contributed by atoms with Crippen LogP contribution in [0.5, 0.6) is 0 Å². The first-order chi connectivity index (χ1) is 19.3. The number of ether oxygens (including phenoxy) is 1. The normalized spacial score (nSPS) is 11.8. The third kappa shape index (κ3) is 9.27. The van der Waals surface area contributed by atoms with E-state index >= 15 is 0 Å². The van der Waals surface area contributed by atoms with Gasteiger partial charge in [0.2, 0.25) is 11.8 Å². The third-order valence-corrected chi connectivity index (χ3v) is 5.54. The molecule has 41 heavy (non-hydrogen) atoms. The highest BCUT2D eigenvalue weighted by atomic mass is 16.6. The van der Waals surface area contributed by atoms with Gasteiger partial charge in [-0.3, -0.25) is 19.2 Å². The maximum absolute atomic E-state index is 12.9. The number of benzene rings is 2. The van der Waals surface area contributed by atoms with Gasteiger partial charge >= 0.3 is 23.9 Å². The molecule has 2 aromatic rings. The molecule has 4 amide bonds. The van der Waals surface area contributed by atoms with E-state index in [0.29, 0.717) is 0 Å². The highest BCUT2D eigenvalue weighted by Gasteiger charge is 2.31. The summed E-state index contributed by atoms with van der Waals surface area (Å²) >= 11 is 0. The van der Waals surface area contributed by atoms with Crippen molar-refractivity contribution in [3.63, 3.8) is 0 Å². The second-order valence-corrected chi connectivity index (χ2v) is 8.50. The number of rotatable bonds is 14. The topological polar surface area (TPSA) is 262 Å². The molecule has 2 rings (SSSR count). The summed E-state index contributed by atoms with van der Waals surface area (Å²) in [5, 5.41) is 23.1. The lowest BCUT2D eigenvalue weighted by Crippen LogP contribution is -2.47. The molecule has 0 saturated carbocycles. The minimum atomic E-state index is -1.67. The monoisotopic (exact) mass is 570 g/mol. The summed E-state index contributed by atoms with van der Waals surface area (Å²) in [7, 11) is 0. The lowest BCUT2D eigenvalue weighted by Gasteiger charge is -2.20. The van der Waals surface area contributed by atoms with Gasteiger partial charge in [-0.05, 0) is 37.1 Å². The van der Waals surface area contributed by atoms with Gasteiger partial charge in [0.15, 0.2) is 0 Å². The van der Waals surface area contributed by atoms with E-state index in [0.717, 1.165) is 12.1 Å². The van der Waals surface area contributed by atoms with Gasteiger partial charge in [0.1, 0.15) is 12.1 Å². The molecule has 0 saturated heterocycles. The average molecular weight is 571 g/mol. The SMILES string of the molecule is NC(=O)CC[C@@H](NC(=O)c1ccccc1C(=O)O)C(=O)OC(=O)[C@@H](CCC(N)=O)NC(=O)c1ccccc1C(=O)O. The number of aromatic carboxylic acids is 2. The van der Waals surface area contributed by atoms with Gasteiger partial charge in [-0.2, -0.15) is 0 Å². The first-order valence-electron chi connectivity index (χ1n) is 11.9. The maximum atomic E-state index is 12.9. The molecule has 0 fully saturated rings. The van der Waals surface area contributed by atoms with Gasteiger partial charge in [-0.15, -0.1) is 0 Å². The highest BCUT2D eigenvalue weighted by molar-refractivity contribution is 6.07. The molecule has 8 N–H and O–H groups in total. The zero-order valence-corrected chi connectivity index (χ0v) is 21.3. The summed E-state index contributed by atoms with van der Waals surface area (Å²) in [6.45, 7) is 0. The predicted octanol–water partition coefficient (Wildman–Crippen LogP) is -0.419. The number of esters is 2. The number of hydrogen-bond donors (Lipinski definition) is 6. The second-order valence-electron chi connectivity index (χ2n) is 8.50. The summed E-state index contributed by atoms with van der Waals surface area (Å²) in [5.74, 6) is -9.44. The van der Waals surface area contributed by atoms with Crippen molar-refractivity contribution in [2.75, 3.05) is 0 Å². The van der Waals surface area contributed by atoms with Crippen molar-refractivity contribution in [3.05, 3.63) is 70.8 Å². The Morgan fingerprint density at radius 3 is 1.22 bits per heavy atom. The Balaban J connectivity index is 2.27. The van der Waals surface area contributed by atoms with E-state index < -0.39 is 85.3 Å². The van der Waals surface area contributed by atoms with E-state index in [4.69, 9.17) is 16.2 Å². The molecular weight excluding hydrogens is 544 g/mol. The summed E-state index contributed by atoms with van der Waals surface area (Å²) in [4.78, 5) is 96.9. The van der Waals surface area contributed by atoms with Crippen LogP contribution in [0.15, 0.2) is 48.5 Å². The first kappa shape index (κ1) is 31.6. The summed E-state index contributed by atoms with van der Waals surface area (Å²) in [5.41, 5.74) is 8.82. The number of carboxylic acid groups (broad SMARTS) is 2. The average Bonchev–Trinajstić information content (AvgIpc) is 2.92. The molecule has 0 aliphatic rings. The number of carbonyl (C=O) groups is 8. The quantitative estimate of drug-likeness (QED) is 0.125. The van der Waals surface area contributed by atoms with E-state index in [1.165, 1.54) is 36.4 Å². The van der Waals surface area contributed by atoms with Crippen LogP contribution in [0.3, 0.4) is 0 Å². The van der Waals surface area contributed by atoms with Crippen molar-refractivity contribution in [3.8, 4) is 0 Å². The Morgan fingerprint density at radius 1 is 0.610 bits per heavy atom. The minimum Gasteiger partial charge on any atom is -0.478 e. The molecule has 0 radical (unpaired) electrons. The lowest BCUT2D eigenvalue weighted by atomic mass is 10.0. The van der Waals surface area contributed by atoms with Gasteiger partial charge in [-0.25, -0.2) is 19.2 Å². The molecule has 2 aromatic carbocycles. The molecule has 0 unspecified atom stereocenters. The maximum Gasteiger partial charge on any atom is 0.336 e. The molecule has 0 aliphatic carbocycles.